The van der Waals surface area contributed by atoms with Gasteiger partial charge < -0.3 is 0 Å². The number of piperazine rings is 2. The molecular formula is C129H140BrF2N7. The van der Waals surface area contributed by atoms with Crippen molar-refractivity contribution in [1.82, 2.24) is 34.3 Å². The molecule has 0 N–H and O–H groups in total. The van der Waals surface area contributed by atoms with Crippen molar-refractivity contribution in [2.24, 2.45) is 0 Å². The van der Waals surface area contributed by atoms with Crippen molar-refractivity contribution >= 4 is 57.1 Å². The van der Waals surface area contributed by atoms with Crippen LogP contribution in [0.25, 0.3) is 41.2 Å². The van der Waals surface area contributed by atoms with E-state index in [-0.39, 0.29) is 17.7 Å². The minimum Gasteiger partial charge on any atom is -0.298 e. The highest BCUT2D eigenvalue weighted by Crippen LogP contribution is 2.37. The summed E-state index contributed by atoms with van der Waals surface area (Å²) in [6.07, 6.45) is 24.6. The first-order chi connectivity index (χ1) is 68.4. The third-order valence-corrected chi connectivity index (χ3v) is 26.5. The van der Waals surface area contributed by atoms with Crippen LogP contribution in [0.1, 0.15) is 152 Å². The van der Waals surface area contributed by atoms with Crippen LogP contribution in [0.5, 0.6) is 0 Å². The van der Waals surface area contributed by atoms with Gasteiger partial charge in [0.15, 0.2) is 0 Å². The maximum atomic E-state index is 13.5. The van der Waals surface area contributed by atoms with Gasteiger partial charge in [0.05, 0.1) is 12.1 Å². The van der Waals surface area contributed by atoms with Gasteiger partial charge in [0, 0.05) is 134 Å². The van der Waals surface area contributed by atoms with Crippen molar-refractivity contribution < 1.29 is 8.78 Å². The first-order valence-electron chi connectivity index (χ1n) is 50.1. The van der Waals surface area contributed by atoms with Crippen LogP contribution in [0, 0.1) is 25.5 Å². The zero-order valence-corrected chi connectivity index (χ0v) is 84.1. The fourth-order valence-corrected chi connectivity index (χ4v) is 19.1. The van der Waals surface area contributed by atoms with E-state index in [9.17, 15) is 8.78 Å². The number of aryl methyl sites for hydroxylation is 2. The smallest absolute Gasteiger partial charge is 0.123 e. The molecule has 19 rings (SSSR count). The maximum absolute atomic E-state index is 13.5. The second-order valence-electron chi connectivity index (χ2n) is 35.8. The summed E-state index contributed by atoms with van der Waals surface area (Å²) in [5.74, 6) is 0.364. The molecule has 0 saturated carbocycles. The highest BCUT2D eigenvalue weighted by Gasteiger charge is 2.30. The number of likely N-dealkylation sites (N-methyl/N-ethyl adjacent to an activating group) is 1. The highest BCUT2D eigenvalue weighted by molar-refractivity contribution is 9.10. The van der Waals surface area contributed by atoms with E-state index in [1.165, 1.54) is 124 Å². The third kappa shape index (κ3) is 33.0. The highest BCUT2D eigenvalue weighted by atomic mass is 79.9. The number of rotatable bonds is 25. The van der Waals surface area contributed by atoms with Crippen molar-refractivity contribution in [3.63, 3.8) is 0 Å². The second-order valence-corrected chi connectivity index (χ2v) is 36.7. The van der Waals surface area contributed by atoms with E-state index in [2.05, 4.69) is 453 Å². The van der Waals surface area contributed by atoms with Crippen molar-refractivity contribution in [2.45, 2.75) is 84.8 Å². The van der Waals surface area contributed by atoms with Gasteiger partial charge >= 0.3 is 0 Å². The molecule has 139 heavy (non-hydrogen) atoms. The predicted molar refractivity (Wildman–Crippen MR) is 593 cm³/mol. The van der Waals surface area contributed by atoms with Gasteiger partial charge in [0.25, 0.3) is 0 Å². The van der Waals surface area contributed by atoms with Crippen molar-refractivity contribution in [1.29, 1.82) is 0 Å². The molecule has 15 aromatic carbocycles. The molecule has 0 aromatic heterocycles. The Morgan fingerprint density at radius 2 is 0.633 bits per heavy atom. The summed E-state index contributed by atoms with van der Waals surface area (Å²) in [5.41, 5.74) is 24.0. The van der Waals surface area contributed by atoms with Crippen LogP contribution in [0.4, 0.5) is 8.78 Å². The Kier molecular flexibility index (Phi) is 42.5. The first-order valence-corrected chi connectivity index (χ1v) is 50.9. The molecule has 2 fully saturated rings. The first kappa shape index (κ1) is 104. The lowest BCUT2D eigenvalue weighted by Crippen LogP contribution is -2.47. The van der Waals surface area contributed by atoms with Gasteiger partial charge in [-0.2, -0.15) is 0 Å². The summed E-state index contributed by atoms with van der Waals surface area (Å²) in [6, 6.07) is 137. The van der Waals surface area contributed by atoms with Gasteiger partial charge in [-0.1, -0.05) is 473 Å². The third-order valence-electron chi connectivity index (χ3n) is 26.0. The van der Waals surface area contributed by atoms with E-state index in [4.69, 9.17) is 0 Å². The van der Waals surface area contributed by atoms with E-state index in [1.807, 2.05) is 76.2 Å². The number of nitrogens with zero attached hydrogens (tertiary/aromatic N) is 7. The molecule has 15 aromatic rings. The molecule has 4 aliphatic rings. The Balaban J connectivity index is 0.000000145. The Bertz CT molecular complexity index is 6080. The fraction of sp³-hybridized carbons (Fsp3) is 0.240. The normalized spacial score (nSPS) is 15.5. The molecule has 0 aliphatic carbocycles. The molecule has 0 spiro atoms. The summed E-state index contributed by atoms with van der Waals surface area (Å²) in [4.78, 5) is 17.5. The summed E-state index contributed by atoms with van der Waals surface area (Å²) >= 11 is 3.58. The van der Waals surface area contributed by atoms with E-state index in [0.29, 0.717) is 17.9 Å². The molecule has 4 aliphatic heterocycles. The Labute approximate surface area is 838 Å². The van der Waals surface area contributed by atoms with E-state index < -0.39 is 0 Å². The molecule has 712 valence electrons. The molecule has 2 unspecified atom stereocenters. The van der Waals surface area contributed by atoms with Gasteiger partial charge in [0.2, 0.25) is 0 Å². The van der Waals surface area contributed by atoms with Crippen molar-refractivity contribution in [3.8, 4) is 0 Å². The van der Waals surface area contributed by atoms with Crippen LogP contribution in [0.15, 0.2) is 429 Å². The van der Waals surface area contributed by atoms with Crippen LogP contribution < -0.4 is 0 Å². The number of fused-ring (bicyclic) bond motifs is 3. The molecule has 4 heterocycles. The van der Waals surface area contributed by atoms with E-state index in [0.717, 1.165) is 146 Å². The summed E-state index contributed by atoms with van der Waals surface area (Å²) < 4.78 is 28.1. The molecule has 0 radical (unpaired) electrons. The van der Waals surface area contributed by atoms with Crippen LogP contribution >= 0.6 is 15.9 Å². The number of halogens is 3. The standard InChI is InChI=1S/C26H26BrN.C26H26F2N2.C26H28N2.C26H27N.C21H21N.2C2H6/c1-20-9-10-23-15-17-28(16-5-8-21-6-3-2-4-7-21)19-26(25(23)18-20)22-11-13-24(27)14-12-22;27-24-12-8-22(9-13-24)26(23-10-14-25(28)15-11-23)30-19-17-29(18-20-30)16-4-7-21-5-2-1-3-6-21;1-4-11-23(12-5-1)13-10-18-27-19-21-28(22-20-27)26(24-14-6-2-7-15-24)25-16-8-3-9-17-25;1-21-14-15-24-16-18-27(17-8-11-22-9-4-2-5-10-22)20-26(25(24)19-21)23-12-6-3-7-13-23;1-22(16-8-11-18-9-3-2-4-10-18)17-20-14-7-13-19-12-5-6-15-21(19)20;2*1-2/h2-14,18,26H,15-17,19H2,1H3;1-15,26H,16-20H2;1-17,26H,18-22H2;2-15,19,26H,16-18,20H2,1H3;2-15H,16-17H2,1H3;2*1-2H3/b8-5+;7-4+;13-10+;2*11-8+;;. The molecular weight excluding hydrogens is 1770 g/mol. The Morgan fingerprint density at radius 1 is 0.317 bits per heavy atom. The maximum Gasteiger partial charge on any atom is 0.123 e. The number of hydrogen-bond acceptors (Lipinski definition) is 7. The summed E-state index contributed by atoms with van der Waals surface area (Å²) in [6.45, 7) is 30.7. The molecule has 10 heteroatoms. The quantitative estimate of drug-likeness (QED) is 0.0562. The van der Waals surface area contributed by atoms with Gasteiger partial charge in [0.1, 0.15) is 11.6 Å². The second kappa shape index (κ2) is 57.0. The predicted octanol–water partition coefficient (Wildman–Crippen LogP) is 29.7. The zero-order chi connectivity index (χ0) is 96.8. The Hall–Kier alpha value is -12.7. The summed E-state index contributed by atoms with van der Waals surface area (Å²) in [5, 5.41) is 2.66. The van der Waals surface area contributed by atoms with E-state index >= 15 is 0 Å². The minimum atomic E-state index is -0.244. The molecule has 0 amide bonds. The molecule has 2 atom stereocenters. The summed E-state index contributed by atoms with van der Waals surface area (Å²) in [7, 11) is 2.16. The zero-order valence-electron chi connectivity index (χ0n) is 82.5. The van der Waals surface area contributed by atoms with Crippen LogP contribution in [0.3, 0.4) is 0 Å². The largest absolute Gasteiger partial charge is 0.298 e. The molecule has 2 saturated heterocycles. The lowest BCUT2D eigenvalue weighted by atomic mass is 9.87. The average molecular weight is 1910 g/mol. The van der Waals surface area contributed by atoms with Crippen LogP contribution in [-0.4, -0.2) is 153 Å². The van der Waals surface area contributed by atoms with Gasteiger partial charge in [-0.25, -0.2) is 8.78 Å². The van der Waals surface area contributed by atoms with Gasteiger partial charge in [-0.05, 0) is 170 Å². The molecule has 0 bridgehead atoms. The lowest BCUT2D eigenvalue weighted by molar-refractivity contribution is 0.118. The lowest BCUT2D eigenvalue weighted by Gasteiger charge is -2.39. The van der Waals surface area contributed by atoms with Gasteiger partial charge in [-0.15, -0.1) is 0 Å². The molecule has 7 nitrogen and oxygen atoms in total. The minimum absolute atomic E-state index is 0.00629. The topological polar surface area (TPSA) is 22.7 Å². The van der Waals surface area contributed by atoms with E-state index in [1.54, 1.807) is 0 Å². The van der Waals surface area contributed by atoms with Crippen molar-refractivity contribution in [2.75, 3.05) is 118 Å². The van der Waals surface area contributed by atoms with Gasteiger partial charge in [-0.3, -0.25) is 34.3 Å². The monoisotopic (exact) mass is 1900 g/mol. The number of benzene rings is 15. The van der Waals surface area contributed by atoms with Crippen LogP contribution in [-0.2, 0) is 19.4 Å². The average Bonchev–Trinajstić information content (AvgIpc) is 1.75. The fourth-order valence-electron chi connectivity index (χ4n) is 18.8. The van der Waals surface area contributed by atoms with Crippen molar-refractivity contribution in [3.05, 3.63) is 541 Å². The number of hydrogen-bond donors (Lipinski definition) is 0. The van der Waals surface area contributed by atoms with Crippen LogP contribution in [0.2, 0.25) is 0 Å². The Morgan fingerprint density at radius 3 is 1.01 bits per heavy atom. The SMILES string of the molecule is C(=C\c1ccccc1)/CN1CCN(C(c2ccccc2)c2ccccc2)CC1.CC.CC.CN(C/C=C/c1ccccc1)Cc1cccc2ccccc12.Cc1ccc2c(c1)C(c1ccc(Br)cc1)CN(C/C=C/c1ccccc1)CC2.Cc1ccc2c(c1)C(c1ccccc1)CN(C/C=C/c1ccccc1)CC2.Fc1ccc(C(c2ccc(F)cc2)N2CCN(C/C=C/c3ccccc3)CC2)cc1.